The van der Waals surface area contributed by atoms with E-state index in [1.807, 2.05) is 30.3 Å². The summed E-state index contributed by atoms with van der Waals surface area (Å²) in [6, 6.07) is 14.2. The number of aliphatic hydroxyl groups is 1. The largest absolute Gasteiger partial charge is 0.484 e. The lowest BCUT2D eigenvalue weighted by Crippen LogP contribution is -2.40. The maximum absolute atomic E-state index is 12.1. The Kier molecular flexibility index (Phi) is 5.93. The van der Waals surface area contributed by atoms with Gasteiger partial charge in [0.05, 0.1) is 11.8 Å². The van der Waals surface area contributed by atoms with Gasteiger partial charge >= 0.3 is 0 Å². The molecular formula is C21H24IN3O3. The first-order valence-corrected chi connectivity index (χ1v) is 11.5. The fourth-order valence-electron chi connectivity index (χ4n) is 3.48. The van der Waals surface area contributed by atoms with E-state index >= 15 is 0 Å². The van der Waals surface area contributed by atoms with Crippen molar-refractivity contribution in [2.45, 2.75) is 19.2 Å². The standard InChI is InChI=1S/C21H24IN3O3/c1-24-20-8-19(7-6-15(20)9-22-24)28-14-21(27)23-10-18(26)13-25-11-16-4-2-3-5-17(16)12-25/h2-9,18,26H,10-14H2,1H3,(H,23,27)/t18-/m1/s1. The first-order valence-electron chi connectivity index (χ1n) is 9.30. The molecule has 2 heterocycles. The van der Waals surface area contributed by atoms with Gasteiger partial charge in [0, 0.05) is 44.9 Å². The van der Waals surface area contributed by atoms with Gasteiger partial charge in [0.1, 0.15) is 5.75 Å². The summed E-state index contributed by atoms with van der Waals surface area (Å²) in [7, 11) is 2.08. The number of nitrogens with zero attached hydrogens (tertiary/aromatic N) is 2. The summed E-state index contributed by atoms with van der Waals surface area (Å²) in [6.45, 7) is 2.39. The summed E-state index contributed by atoms with van der Waals surface area (Å²) in [5.74, 6) is 0.465. The van der Waals surface area contributed by atoms with Crippen LogP contribution >= 0.6 is 21.0 Å². The summed E-state index contributed by atoms with van der Waals surface area (Å²) in [6.07, 6.45) is -0.605. The van der Waals surface area contributed by atoms with E-state index in [9.17, 15) is 9.90 Å². The van der Waals surface area contributed by atoms with Crippen molar-refractivity contribution >= 4 is 36.6 Å². The van der Waals surface area contributed by atoms with Gasteiger partial charge in [0.15, 0.2) is 6.61 Å². The molecule has 1 atom stereocenters. The van der Waals surface area contributed by atoms with Crippen molar-refractivity contribution in [1.82, 2.24) is 10.2 Å². The van der Waals surface area contributed by atoms with Crippen LogP contribution in [0.15, 0.2) is 42.5 Å². The molecule has 0 spiro atoms. The van der Waals surface area contributed by atoms with Crippen LogP contribution in [0.5, 0.6) is 5.75 Å². The Morgan fingerprint density at radius 2 is 2.00 bits per heavy atom. The Hall–Kier alpha value is -1.97. The maximum atomic E-state index is 12.1. The summed E-state index contributed by atoms with van der Waals surface area (Å²) in [5, 5.41) is 13.0. The zero-order chi connectivity index (χ0) is 19.5. The molecule has 0 aliphatic carbocycles. The Bertz CT molecular complexity index is 877. The third kappa shape index (κ3) is 4.53. The van der Waals surface area contributed by atoms with Crippen molar-refractivity contribution in [2.24, 2.45) is 0 Å². The van der Waals surface area contributed by atoms with Crippen molar-refractivity contribution in [3.8, 4) is 5.75 Å². The molecule has 2 aliphatic rings. The first kappa shape index (κ1) is 19.4. The zero-order valence-corrected chi connectivity index (χ0v) is 17.9. The highest BCUT2D eigenvalue weighted by Gasteiger charge is 2.21. The molecule has 2 N–H and O–H groups in total. The lowest BCUT2D eigenvalue weighted by Gasteiger charge is -2.19. The second kappa shape index (κ2) is 8.59. The molecule has 2 aromatic rings. The van der Waals surface area contributed by atoms with Crippen LogP contribution in [0.2, 0.25) is 0 Å². The second-order valence-corrected chi connectivity index (χ2v) is 9.72. The van der Waals surface area contributed by atoms with E-state index in [0.29, 0.717) is 12.3 Å². The van der Waals surface area contributed by atoms with Gasteiger partial charge in [-0.05, 0) is 48.3 Å². The number of fused-ring (bicyclic) bond motifs is 2. The van der Waals surface area contributed by atoms with Gasteiger partial charge in [0.25, 0.3) is 5.91 Å². The van der Waals surface area contributed by atoms with Gasteiger partial charge in [-0.2, -0.15) is 0 Å². The summed E-state index contributed by atoms with van der Waals surface area (Å²) >= 11 is -0.0793. The van der Waals surface area contributed by atoms with Crippen molar-refractivity contribution in [3.63, 3.8) is 0 Å². The first-order chi connectivity index (χ1) is 13.6. The average Bonchev–Trinajstić information content (AvgIpc) is 3.27. The van der Waals surface area contributed by atoms with E-state index in [1.165, 1.54) is 16.7 Å². The molecular weight excluding hydrogens is 469 g/mol. The van der Waals surface area contributed by atoms with Crippen LogP contribution in [-0.4, -0.2) is 52.8 Å². The normalized spacial score (nSPS) is 16.3. The summed E-state index contributed by atoms with van der Waals surface area (Å²) in [5.41, 5.74) is 5.02. The topological polar surface area (TPSA) is 65.0 Å². The lowest BCUT2D eigenvalue weighted by molar-refractivity contribution is -0.123. The van der Waals surface area contributed by atoms with Gasteiger partial charge in [-0.25, -0.2) is 0 Å². The van der Waals surface area contributed by atoms with Crippen LogP contribution in [-0.2, 0) is 17.9 Å². The molecule has 2 aromatic carbocycles. The van der Waals surface area contributed by atoms with Crippen LogP contribution in [0.3, 0.4) is 0 Å². The Balaban J connectivity index is 1.18. The Morgan fingerprint density at radius 3 is 2.75 bits per heavy atom. The van der Waals surface area contributed by atoms with Crippen molar-refractivity contribution in [2.75, 3.05) is 29.9 Å². The SMILES string of the molecule is CN1I=Cc2ccc(OCC(=O)NC[C@@H](O)CN3Cc4ccccc4C3)cc21. The van der Waals surface area contributed by atoms with Gasteiger partial charge < -0.3 is 18.3 Å². The number of amides is 1. The summed E-state index contributed by atoms with van der Waals surface area (Å²) < 4.78 is 10.1. The van der Waals surface area contributed by atoms with Crippen LogP contribution in [0.4, 0.5) is 5.69 Å². The number of β-amino-alcohol motifs (C(OH)–C–C–N with tert-alkyl or cyclic N) is 1. The molecule has 0 radical (unpaired) electrons. The number of hydrogen-bond donors (Lipinski definition) is 2. The minimum absolute atomic E-state index is 0.0524. The number of halogens is 1. The molecule has 0 aromatic heterocycles. The van der Waals surface area contributed by atoms with Crippen molar-refractivity contribution < 1.29 is 14.6 Å². The van der Waals surface area contributed by atoms with Gasteiger partial charge in [0.2, 0.25) is 0 Å². The predicted octanol–water partition coefficient (Wildman–Crippen LogP) is 2.04. The number of carbonyl (C=O) groups excluding carboxylic acids is 1. The van der Waals surface area contributed by atoms with E-state index in [1.54, 1.807) is 0 Å². The molecule has 4 rings (SSSR count). The Labute approximate surface area is 175 Å². The lowest BCUT2D eigenvalue weighted by atomic mass is 10.1. The van der Waals surface area contributed by atoms with E-state index in [2.05, 4.69) is 36.5 Å². The van der Waals surface area contributed by atoms with E-state index in [-0.39, 0.29) is 40.1 Å². The van der Waals surface area contributed by atoms with E-state index in [4.69, 9.17) is 4.74 Å². The van der Waals surface area contributed by atoms with Crippen molar-refractivity contribution in [3.05, 3.63) is 59.2 Å². The average molecular weight is 493 g/mol. The maximum Gasteiger partial charge on any atom is 0.258 e. The van der Waals surface area contributed by atoms with Crippen molar-refractivity contribution in [1.29, 1.82) is 0 Å². The fourth-order valence-corrected chi connectivity index (χ4v) is 5.44. The van der Waals surface area contributed by atoms with Gasteiger partial charge in [-0.1, -0.05) is 24.3 Å². The van der Waals surface area contributed by atoms with Crippen LogP contribution in [0.25, 0.3) is 0 Å². The minimum atomic E-state index is -0.605. The molecule has 0 unspecified atom stereocenters. The molecule has 0 fully saturated rings. The highest BCUT2D eigenvalue weighted by Crippen LogP contribution is 2.33. The third-order valence-corrected chi connectivity index (χ3v) is 7.23. The molecule has 0 saturated carbocycles. The molecule has 7 heteroatoms. The molecule has 6 nitrogen and oxygen atoms in total. The zero-order valence-electron chi connectivity index (χ0n) is 15.8. The molecule has 0 saturated heterocycles. The number of anilines is 1. The fraction of sp³-hybridized carbons (Fsp3) is 0.333. The van der Waals surface area contributed by atoms with E-state index in [0.717, 1.165) is 18.8 Å². The smallest absolute Gasteiger partial charge is 0.258 e. The molecule has 1 amide bonds. The quantitative estimate of drug-likeness (QED) is 0.457. The number of hydrogen-bond acceptors (Lipinski definition) is 5. The van der Waals surface area contributed by atoms with Crippen LogP contribution < -0.4 is 13.2 Å². The number of rotatable bonds is 7. The summed E-state index contributed by atoms with van der Waals surface area (Å²) in [4.78, 5) is 14.3. The van der Waals surface area contributed by atoms with Gasteiger partial charge in [-0.15, -0.1) is 0 Å². The number of aliphatic hydroxyl groups excluding tert-OH is 1. The van der Waals surface area contributed by atoms with E-state index < -0.39 is 6.10 Å². The van der Waals surface area contributed by atoms with Crippen LogP contribution in [0.1, 0.15) is 16.7 Å². The molecule has 2 aliphatic heterocycles. The second-order valence-electron chi connectivity index (χ2n) is 7.09. The number of ether oxygens (including phenoxy) is 1. The number of benzene rings is 2. The number of carbonyl (C=O) groups is 1. The molecule has 28 heavy (non-hydrogen) atoms. The van der Waals surface area contributed by atoms with Crippen LogP contribution in [0, 0.1) is 0 Å². The number of nitrogens with one attached hydrogen (secondary N) is 1. The third-order valence-electron chi connectivity index (χ3n) is 4.93. The molecule has 0 bridgehead atoms. The monoisotopic (exact) mass is 493 g/mol. The highest BCUT2D eigenvalue weighted by atomic mass is 127. The highest BCUT2D eigenvalue weighted by molar-refractivity contribution is 14.2. The molecule has 148 valence electrons. The predicted molar refractivity (Wildman–Crippen MR) is 119 cm³/mol. The minimum Gasteiger partial charge on any atom is -0.484 e. The Morgan fingerprint density at radius 1 is 1.25 bits per heavy atom. The van der Waals surface area contributed by atoms with Gasteiger partial charge in [-0.3, -0.25) is 9.69 Å².